The quantitative estimate of drug-likeness (QED) is 0.533. The topological polar surface area (TPSA) is 49.9 Å². The summed E-state index contributed by atoms with van der Waals surface area (Å²) in [5.74, 6) is 0. The highest BCUT2D eigenvalue weighted by molar-refractivity contribution is 9.12. The summed E-state index contributed by atoms with van der Waals surface area (Å²) in [5.41, 5.74) is 4.92. The van der Waals surface area contributed by atoms with Crippen LogP contribution >= 0.6 is 15.9 Å². The number of hydrogen-bond donors (Lipinski definition) is 2. The van der Waals surface area contributed by atoms with Crippen LogP contribution in [0, 0.1) is 5.41 Å². The van der Waals surface area contributed by atoms with Crippen LogP contribution in [0.5, 0.6) is 0 Å². The SMILES string of the molecule is N=CC(Br)=CN. The lowest BCUT2D eigenvalue weighted by molar-refractivity contribution is 1.55. The molecule has 0 unspecified atom stereocenters. The van der Waals surface area contributed by atoms with E-state index in [1.165, 1.54) is 6.20 Å². The Bertz CT molecular complexity index is 76.9. The van der Waals surface area contributed by atoms with E-state index in [4.69, 9.17) is 11.1 Å². The summed E-state index contributed by atoms with van der Waals surface area (Å²) >= 11 is 2.97. The number of rotatable bonds is 1. The van der Waals surface area contributed by atoms with Crippen LogP contribution in [0.15, 0.2) is 10.7 Å². The summed E-state index contributed by atoms with van der Waals surface area (Å²) in [4.78, 5) is 0. The molecule has 0 rings (SSSR count). The van der Waals surface area contributed by atoms with Crippen LogP contribution in [0.25, 0.3) is 0 Å². The summed E-state index contributed by atoms with van der Waals surface area (Å²) < 4.78 is 0.600. The van der Waals surface area contributed by atoms with Crippen LogP contribution in [-0.4, -0.2) is 6.21 Å². The molecular weight excluding hydrogens is 144 g/mol. The minimum absolute atomic E-state index is 0.600. The Morgan fingerprint density at radius 3 is 2.33 bits per heavy atom. The average molecular weight is 149 g/mol. The van der Waals surface area contributed by atoms with Crippen molar-refractivity contribution in [2.75, 3.05) is 0 Å². The molecule has 6 heavy (non-hydrogen) atoms. The van der Waals surface area contributed by atoms with Crippen molar-refractivity contribution in [1.82, 2.24) is 0 Å². The van der Waals surface area contributed by atoms with Gasteiger partial charge in [-0.3, -0.25) is 0 Å². The molecule has 0 spiro atoms. The lowest BCUT2D eigenvalue weighted by atomic mass is 10.7. The maximum absolute atomic E-state index is 6.49. The smallest absolute Gasteiger partial charge is 0.0505 e. The Labute approximate surface area is 44.7 Å². The molecule has 3 N–H and O–H groups in total. The van der Waals surface area contributed by atoms with E-state index in [0.717, 1.165) is 6.21 Å². The second-order valence-electron chi connectivity index (χ2n) is 0.696. The molecule has 0 amide bonds. The van der Waals surface area contributed by atoms with E-state index < -0.39 is 0 Å². The summed E-state index contributed by atoms with van der Waals surface area (Å²) in [5, 5.41) is 6.49. The predicted octanol–water partition coefficient (Wildman–Crippen LogP) is 0.831. The second kappa shape index (κ2) is 2.90. The fourth-order valence-corrected chi connectivity index (χ4v) is 0.0481. The molecule has 0 saturated carbocycles. The Morgan fingerprint density at radius 2 is 2.33 bits per heavy atom. The van der Waals surface area contributed by atoms with E-state index in [1.807, 2.05) is 0 Å². The van der Waals surface area contributed by atoms with Gasteiger partial charge in [0.05, 0.1) is 4.48 Å². The van der Waals surface area contributed by atoms with Gasteiger partial charge in [-0.05, 0) is 15.9 Å². The van der Waals surface area contributed by atoms with Gasteiger partial charge in [0, 0.05) is 12.4 Å². The van der Waals surface area contributed by atoms with Gasteiger partial charge in [0.25, 0.3) is 0 Å². The molecule has 0 aliphatic rings. The number of nitrogens with two attached hydrogens (primary N) is 1. The molecule has 0 saturated heterocycles. The van der Waals surface area contributed by atoms with Crippen LogP contribution in [-0.2, 0) is 0 Å². The number of halogens is 1. The first-order valence-electron chi connectivity index (χ1n) is 1.39. The van der Waals surface area contributed by atoms with Crippen molar-refractivity contribution in [3.8, 4) is 0 Å². The zero-order valence-electron chi connectivity index (χ0n) is 3.11. The fraction of sp³-hybridized carbons (Fsp3) is 0. The van der Waals surface area contributed by atoms with E-state index in [2.05, 4.69) is 15.9 Å². The van der Waals surface area contributed by atoms with Gasteiger partial charge in [-0.25, -0.2) is 0 Å². The van der Waals surface area contributed by atoms with Crippen molar-refractivity contribution in [3.05, 3.63) is 10.7 Å². The maximum Gasteiger partial charge on any atom is 0.0505 e. The minimum atomic E-state index is 0.600. The largest absolute Gasteiger partial charge is 0.404 e. The monoisotopic (exact) mass is 148 g/mol. The van der Waals surface area contributed by atoms with Gasteiger partial charge in [-0.15, -0.1) is 0 Å². The molecule has 0 bridgehead atoms. The average Bonchev–Trinajstić information content (AvgIpc) is 1.65. The fourth-order valence-electron chi connectivity index (χ4n) is 0.0481. The van der Waals surface area contributed by atoms with Gasteiger partial charge in [0.15, 0.2) is 0 Å². The van der Waals surface area contributed by atoms with E-state index in [-0.39, 0.29) is 0 Å². The molecule has 3 heteroatoms. The van der Waals surface area contributed by atoms with Crippen molar-refractivity contribution in [2.45, 2.75) is 0 Å². The molecule has 0 heterocycles. The summed E-state index contributed by atoms with van der Waals surface area (Å²) in [7, 11) is 0. The van der Waals surface area contributed by atoms with Crippen LogP contribution in [0.4, 0.5) is 0 Å². The van der Waals surface area contributed by atoms with Gasteiger partial charge in [-0.1, -0.05) is 0 Å². The molecule has 0 fully saturated rings. The minimum Gasteiger partial charge on any atom is -0.404 e. The van der Waals surface area contributed by atoms with Crippen LogP contribution in [0.1, 0.15) is 0 Å². The van der Waals surface area contributed by atoms with E-state index in [0.29, 0.717) is 4.48 Å². The number of allylic oxidation sites excluding steroid dienone is 1. The molecule has 0 aromatic rings. The molecule has 0 aliphatic heterocycles. The van der Waals surface area contributed by atoms with Gasteiger partial charge < -0.3 is 11.1 Å². The van der Waals surface area contributed by atoms with Crippen molar-refractivity contribution >= 4 is 22.1 Å². The first-order valence-corrected chi connectivity index (χ1v) is 2.18. The summed E-state index contributed by atoms with van der Waals surface area (Å²) in [6.45, 7) is 0. The first kappa shape index (κ1) is 5.69. The Hall–Kier alpha value is -0.310. The molecular formula is C3H5BrN2. The Morgan fingerprint density at radius 1 is 1.83 bits per heavy atom. The van der Waals surface area contributed by atoms with E-state index >= 15 is 0 Å². The molecule has 34 valence electrons. The van der Waals surface area contributed by atoms with Gasteiger partial charge in [0.1, 0.15) is 0 Å². The zero-order chi connectivity index (χ0) is 4.99. The lowest BCUT2D eigenvalue weighted by Gasteiger charge is -1.74. The third-order valence-electron chi connectivity index (χ3n) is 0.297. The van der Waals surface area contributed by atoms with Gasteiger partial charge in [0.2, 0.25) is 0 Å². The highest BCUT2D eigenvalue weighted by Crippen LogP contribution is 1.94. The van der Waals surface area contributed by atoms with Crippen LogP contribution in [0.3, 0.4) is 0 Å². The molecule has 0 aromatic carbocycles. The highest BCUT2D eigenvalue weighted by Gasteiger charge is 1.72. The van der Waals surface area contributed by atoms with Gasteiger partial charge >= 0.3 is 0 Å². The molecule has 0 radical (unpaired) electrons. The highest BCUT2D eigenvalue weighted by atomic mass is 79.9. The van der Waals surface area contributed by atoms with Crippen LogP contribution < -0.4 is 5.73 Å². The van der Waals surface area contributed by atoms with Gasteiger partial charge in [-0.2, -0.15) is 0 Å². The Kier molecular flexibility index (Phi) is 2.75. The molecule has 2 nitrogen and oxygen atoms in total. The zero-order valence-corrected chi connectivity index (χ0v) is 4.70. The maximum atomic E-state index is 6.49. The predicted molar refractivity (Wildman–Crippen MR) is 30.0 cm³/mol. The van der Waals surface area contributed by atoms with Crippen molar-refractivity contribution in [1.29, 1.82) is 5.41 Å². The number of nitrogens with one attached hydrogen (secondary N) is 1. The molecule has 0 aliphatic carbocycles. The standard InChI is InChI=1S/C3H5BrN2/c4-3(1-5)2-6/h1-2,5H,6H2. The van der Waals surface area contributed by atoms with Crippen molar-refractivity contribution in [2.24, 2.45) is 5.73 Å². The number of hydrogen-bond acceptors (Lipinski definition) is 2. The third-order valence-corrected chi connectivity index (χ3v) is 0.790. The first-order chi connectivity index (χ1) is 2.81. The summed E-state index contributed by atoms with van der Waals surface area (Å²) in [6.07, 6.45) is 2.44. The third kappa shape index (κ3) is 1.96. The van der Waals surface area contributed by atoms with Crippen molar-refractivity contribution < 1.29 is 0 Å². The van der Waals surface area contributed by atoms with Crippen molar-refractivity contribution in [3.63, 3.8) is 0 Å². The van der Waals surface area contributed by atoms with E-state index in [1.54, 1.807) is 0 Å². The van der Waals surface area contributed by atoms with Crippen LogP contribution in [0.2, 0.25) is 0 Å². The normalized spacial score (nSPS) is 11.2. The Balaban J connectivity index is 3.50. The molecule has 0 aromatic heterocycles. The second-order valence-corrected chi connectivity index (χ2v) is 1.61. The lowest BCUT2D eigenvalue weighted by Crippen LogP contribution is -1.79. The molecule has 0 atom stereocenters. The van der Waals surface area contributed by atoms with E-state index in [9.17, 15) is 0 Å². The summed E-state index contributed by atoms with van der Waals surface area (Å²) in [6, 6.07) is 0.